The Labute approximate surface area is 177 Å². The maximum atomic E-state index is 6.00. The fourth-order valence-electron chi connectivity index (χ4n) is 4.55. The van der Waals surface area contributed by atoms with Gasteiger partial charge in [0.2, 0.25) is 0 Å². The van der Waals surface area contributed by atoms with Gasteiger partial charge in [-0.05, 0) is 61.7 Å². The van der Waals surface area contributed by atoms with E-state index < -0.39 is 0 Å². The summed E-state index contributed by atoms with van der Waals surface area (Å²) in [4.78, 5) is 7.30. The lowest BCUT2D eigenvalue weighted by Crippen LogP contribution is -2.34. The van der Waals surface area contributed by atoms with Crippen molar-refractivity contribution in [3.63, 3.8) is 0 Å². The van der Waals surface area contributed by atoms with E-state index in [0.29, 0.717) is 6.04 Å². The van der Waals surface area contributed by atoms with Gasteiger partial charge in [-0.25, -0.2) is 4.98 Å². The molecule has 4 heteroatoms. The van der Waals surface area contributed by atoms with Gasteiger partial charge in [-0.1, -0.05) is 42.5 Å². The number of fused-ring (bicyclic) bond motifs is 1. The largest absolute Gasteiger partial charge is 0.457 e. The minimum absolute atomic E-state index is 0.529. The van der Waals surface area contributed by atoms with Crippen molar-refractivity contribution in [3.8, 4) is 11.5 Å². The Morgan fingerprint density at radius 1 is 0.867 bits per heavy atom. The van der Waals surface area contributed by atoms with Crippen molar-refractivity contribution in [2.45, 2.75) is 32.4 Å². The van der Waals surface area contributed by atoms with Crippen LogP contribution in [0.15, 0.2) is 78.9 Å². The Hall–Kier alpha value is -3.11. The summed E-state index contributed by atoms with van der Waals surface area (Å²) in [5.41, 5.74) is 3.66. The lowest BCUT2D eigenvalue weighted by atomic mass is 10.0. The van der Waals surface area contributed by atoms with Gasteiger partial charge >= 0.3 is 0 Å². The molecule has 0 spiro atoms. The number of piperidine rings is 1. The third-order valence-corrected chi connectivity index (χ3v) is 5.98. The highest BCUT2D eigenvalue weighted by atomic mass is 16.5. The van der Waals surface area contributed by atoms with Crippen molar-refractivity contribution in [1.29, 1.82) is 0 Å². The predicted octanol–water partition coefficient (Wildman–Crippen LogP) is 5.97. The standard InChI is InChI=1S/C26H27N3O/c1-20-27-25-12-5-6-13-26(25)29(20)22-14-16-28(17-15-22)19-21-8-7-11-24(18-21)30-23-9-3-2-4-10-23/h2-13,18,22H,14-17,19H2,1H3. The Morgan fingerprint density at radius 3 is 2.43 bits per heavy atom. The maximum absolute atomic E-state index is 6.00. The smallest absolute Gasteiger partial charge is 0.127 e. The molecule has 0 saturated carbocycles. The Kier molecular flexibility index (Phi) is 5.24. The fraction of sp³-hybridized carbons (Fsp3) is 0.269. The zero-order valence-corrected chi connectivity index (χ0v) is 17.4. The summed E-state index contributed by atoms with van der Waals surface area (Å²) in [6, 6.07) is 27.4. The van der Waals surface area contributed by atoms with E-state index in [1.165, 1.54) is 11.1 Å². The van der Waals surface area contributed by atoms with Crippen LogP contribution < -0.4 is 4.74 Å². The Balaban J connectivity index is 1.23. The third kappa shape index (κ3) is 3.96. The predicted molar refractivity (Wildman–Crippen MR) is 121 cm³/mol. The highest BCUT2D eigenvalue weighted by Gasteiger charge is 2.23. The van der Waals surface area contributed by atoms with Crippen molar-refractivity contribution < 1.29 is 4.74 Å². The number of imidazole rings is 1. The summed E-state index contributed by atoms with van der Waals surface area (Å²) in [5, 5.41) is 0. The van der Waals surface area contributed by atoms with Crippen LogP contribution in [-0.2, 0) is 6.54 Å². The molecule has 0 amide bonds. The van der Waals surface area contributed by atoms with E-state index in [-0.39, 0.29) is 0 Å². The molecule has 1 fully saturated rings. The Bertz CT molecular complexity index is 1130. The first kappa shape index (κ1) is 18.9. The summed E-state index contributed by atoms with van der Waals surface area (Å²) >= 11 is 0. The molecule has 0 atom stereocenters. The van der Waals surface area contributed by atoms with E-state index in [4.69, 9.17) is 9.72 Å². The molecule has 0 unspecified atom stereocenters. The number of likely N-dealkylation sites (tertiary alicyclic amines) is 1. The Morgan fingerprint density at radius 2 is 1.60 bits per heavy atom. The van der Waals surface area contributed by atoms with Gasteiger partial charge in [-0.15, -0.1) is 0 Å². The van der Waals surface area contributed by atoms with E-state index in [1.807, 2.05) is 36.4 Å². The van der Waals surface area contributed by atoms with Crippen LogP contribution in [0.2, 0.25) is 0 Å². The van der Waals surface area contributed by atoms with Crippen LogP contribution in [0.5, 0.6) is 11.5 Å². The van der Waals surface area contributed by atoms with E-state index in [1.54, 1.807) is 0 Å². The van der Waals surface area contributed by atoms with Gasteiger partial charge in [0.1, 0.15) is 17.3 Å². The van der Waals surface area contributed by atoms with Crippen LogP contribution in [0, 0.1) is 6.92 Å². The quantitative estimate of drug-likeness (QED) is 0.415. The molecule has 0 bridgehead atoms. The highest BCUT2D eigenvalue weighted by Crippen LogP contribution is 2.29. The fourth-order valence-corrected chi connectivity index (χ4v) is 4.55. The van der Waals surface area contributed by atoms with Gasteiger partial charge in [0.05, 0.1) is 11.0 Å². The molecule has 1 aliphatic heterocycles. The van der Waals surface area contributed by atoms with E-state index >= 15 is 0 Å². The molecule has 0 aliphatic carbocycles. The molecule has 1 aromatic heterocycles. The van der Waals surface area contributed by atoms with Gasteiger partial charge in [0.25, 0.3) is 0 Å². The lowest BCUT2D eigenvalue weighted by molar-refractivity contribution is 0.180. The van der Waals surface area contributed by atoms with Crippen LogP contribution in [0.3, 0.4) is 0 Å². The number of aromatic nitrogens is 2. The average molecular weight is 398 g/mol. The number of ether oxygens (including phenoxy) is 1. The monoisotopic (exact) mass is 397 g/mol. The number of hydrogen-bond donors (Lipinski definition) is 0. The summed E-state index contributed by atoms with van der Waals surface area (Å²) in [6.07, 6.45) is 2.31. The molecule has 152 valence electrons. The van der Waals surface area contributed by atoms with Gasteiger partial charge < -0.3 is 9.30 Å². The zero-order chi connectivity index (χ0) is 20.3. The molecule has 30 heavy (non-hydrogen) atoms. The van der Waals surface area contributed by atoms with Crippen molar-refractivity contribution in [3.05, 3.63) is 90.3 Å². The first-order valence-electron chi connectivity index (χ1n) is 10.7. The number of para-hydroxylation sites is 3. The summed E-state index contributed by atoms with van der Waals surface area (Å²) in [6.45, 7) is 5.29. The van der Waals surface area contributed by atoms with Gasteiger partial charge in [-0.2, -0.15) is 0 Å². The normalized spacial score (nSPS) is 15.5. The summed E-state index contributed by atoms with van der Waals surface area (Å²) in [7, 11) is 0. The minimum atomic E-state index is 0.529. The van der Waals surface area contributed by atoms with Gasteiger partial charge in [0, 0.05) is 25.7 Å². The second-order valence-electron chi connectivity index (χ2n) is 8.09. The van der Waals surface area contributed by atoms with Gasteiger partial charge in [0.15, 0.2) is 0 Å². The highest BCUT2D eigenvalue weighted by molar-refractivity contribution is 5.76. The number of aryl methyl sites for hydroxylation is 1. The zero-order valence-electron chi connectivity index (χ0n) is 17.4. The van der Waals surface area contributed by atoms with Crippen molar-refractivity contribution in [1.82, 2.24) is 14.5 Å². The third-order valence-electron chi connectivity index (χ3n) is 5.98. The molecule has 5 rings (SSSR count). The van der Waals surface area contributed by atoms with Crippen LogP contribution in [0.1, 0.15) is 30.3 Å². The topological polar surface area (TPSA) is 30.3 Å². The molecule has 1 saturated heterocycles. The first-order valence-corrected chi connectivity index (χ1v) is 10.7. The van der Waals surface area contributed by atoms with Crippen LogP contribution in [0.25, 0.3) is 11.0 Å². The van der Waals surface area contributed by atoms with Crippen molar-refractivity contribution in [2.24, 2.45) is 0 Å². The lowest BCUT2D eigenvalue weighted by Gasteiger charge is -2.33. The summed E-state index contributed by atoms with van der Waals surface area (Å²) < 4.78 is 8.44. The van der Waals surface area contributed by atoms with Crippen LogP contribution >= 0.6 is 0 Å². The number of hydrogen-bond acceptors (Lipinski definition) is 3. The number of rotatable bonds is 5. The second-order valence-corrected chi connectivity index (χ2v) is 8.09. The number of benzene rings is 3. The van der Waals surface area contributed by atoms with E-state index in [9.17, 15) is 0 Å². The van der Waals surface area contributed by atoms with Crippen LogP contribution in [-0.4, -0.2) is 27.5 Å². The maximum Gasteiger partial charge on any atom is 0.127 e. The van der Waals surface area contributed by atoms with Crippen LogP contribution in [0.4, 0.5) is 0 Å². The molecule has 1 aliphatic rings. The molecule has 0 N–H and O–H groups in total. The molecule has 0 radical (unpaired) electrons. The summed E-state index contributed by atoms with van der Waals surface area (Å²) in [5.74, 6) is 2.90. The molecule has 4 nitrogen and oxygen atoms in total. The molecular formula is C26H27N3O. The van der Waals surface area contributed by atoms with Gasteiger partial charge in [-0.3, -0.25) is 4.90 Å². The number of nitrogens with zero attached hydrogens (tertiary/aromatic N) is 3. The van der Waals surface area contributed by atoms with E-state index in [2.05, 4.69) is 58.9 Å². The molecule has 4 aromatic rings. The molecule has 2 heterocycles. The average Bonchev–Trinajstić information content (AvgIpc) is 3.11. The molecular weight excluding hydrogens is 370 g/mol. The van der Waals surface area contributed by atoms with E-state index in [0.717, 1.165) is 55.3 Å². The second kappa shape index (κ2) is 8.33. The first-order chi connectivity index (χ1) is 14.8. The van der Waals surface area contributed by atoms with Crippen molar-refractivity contribution in [2.75, 3.05) is 13.1 Å². The van der Waals surface area contributed by atoms with Crippen molar-refractivity contribution >= 4 is 11.0 Å². The minimum Gasteiger partial charge on any atom is -0.457 e. The molecule has 3 aromatic carbocycles. The SMILES string of the molecule is Cc1nc2ccccc2n1C1CCN(Cc2cccc(Oc3ccccc3)c2)CC1.